The Balaban J connectivity index is 3.40. The van der Waals surface area contributed by atoms with Crippen LogP contribution in [0.15, 0.2) is 6.07 Å². The Morgan fingerprint density at radius 3 is 2.62 bits per heavy atom. The van der Waals surface area contributed by atoms with Gasteiger partial charge >= 0.3 is 0 Å². The van der Waals surface area contributed by atoms with Gasteiger partial charge in [0.2, 0.25) is 0 Å². The Kier molecular flexibility index (Phi) is 3.58. The second-order valence-corrected chi connectivity index (χ2v) is 4.36. The van der Waals surface area contributed by atoms with E-state index < -0.39 is 0 Å². The van der Waals surface area contributed by atoms with Crippen LogP contribution >= 0.6 is 23.6 Å². The molecule has 0 unspecified atom stereocenters. The number of rotatable bonds is 2. The molecule has 0 spiro atoms. The highest BCUT2D eigenvalue weighted by atomic mass is 32.1. The maximum absolute atomic E-state index is 8.88. The first-order valence-corrected chi connectivity index (χ1v) is 5.51. The molecule has 68 valence electrons. The lowest BCUT2D eigenvalue weighted by molar-refractivity contribution is 1.14. The summed E-state index contributed by atoms with van der Waals surface area (Å²) in [6.07, 6.45) is 1.89. The van der Waals surface area contributed by atoms with Crippen molar-refractivity contribution in [3.63, 3.8) is 0 Å². The van der Waals surface area contributed by atoms with E-state index in [0.29, 0.717) is 10.1 Å². The minimum atomic E-state index is 0.694. The summed E-state index contributed by atoms with van der Waals surface area (Å²) in [5.74, 6) is 0. The van der Waals surface area contributed by atoms with Crippen LogP contribution in [0.1, 0.15) is 29.2 Å². The Labute approximate surface area is 87.7 Å². The largest absolute Gasteiger partial charge is 0.192 e. The van der Waals surface area contributed by atoms with E-state index >= 15 is 0 Å². The lowest BCUT2D eigenvalue weighted by atomic mass is 10.2. The molecule has 0 fully saturated rings. The van der Waals surface area contributed by atoms with E-state index in [-0.39, 0.29) is 0 Å². The topological polar surface area (TPSA) is 23.8 Å². The van der Waals surface area contributed by atoms with Gasteiger partial charge in [0, 0.05) is 9.75 Å². The number of aryl methyl sites for hydroxylation is 2. The standard InChI is InChI=1S/C10H11NS2/c1-3-7-5-9(12)8(6-11)10(4-2)13-7/h5H,3-4H2,1-2H3. The van der Waals surface area contributed by atoms with Crippen LogP contribution in [-0.2, 0) is 12.8 Å². The van der Waals surface area contributed by atoms with Crippen molar-refractivity contribution < 1.29 is 0 Å². The summed E-state index contributed by atoms with van der Waals surface area (Å²) in [6, 6.07) is 4.11. The second kappa shape index (κ2) is 4.50. The van der Waals surface area contributed by atoms with Crippen molar-refractivity contribution in [1.29, 1.82) is 5.26 Å². The highest BCUT2D eigenvalue weighted by Gasteiger charge is 2.04. The van der Waals surface area contributed by atoms with Gasteiger partial charge in [0.15, 0.2) is 0 Å². The molecule has 1 aromatic rings. The molecule has 0 N–H and O–H groups in total. The van der Waals surface area contributed by atoms with Crippen LogP contribution in [0.5, 0.6) is 0 Å². The average Bonchev–Trinajstić information content (AvgIpc) is 2.16. The normalized spacial score (nSPS) is 9.62. The molecule has 0 aliphatic rings. The summed E-state index contributed by atoms with van der Waals surface area (Å²) in [4.78, 5) is 2.38. The van der Waals surface area contributed by atoms with Gasteiger partial charge in [-0.1, -0.05) is 26.1 Å². The van der Waals surface area contributed by atoms with Crippen molar-refractivity contribution in [2.45, 2.75) is 26.7 Å². The quantitative estimate of drug-likeness (QED) is 0.696. The van der Waals surface area contributed by atoms with Crippen LogP contribution in [0.25, 0.3) is 0 Å². The summed E-state index contributed by atoms with van der Waals surface area (Å²) in [7, 11) is 0. The maximum Gasteiger partial charge on any atom is 0.102 e. The molecular formula is C10H11NS2. The van der Waals surface area contributed by atoms with Crippen molar-refractivity contribution in [2.24, 2.45) is 0 Å². The molecule has 0 bridgehead atoms. The van der Waals surface area contributed by atoms with Crippen LogP contribution < -0.4 is 0 Å². The van der Waals surface area contributed by atoms with Gasteiger partial charge in [-0.25, -0.2) is 0 Å². The molecule has 1 heterocycles. The van der Waals surface area contributed by atoms with Gasteiger partial charge < -0.3 is 0 Å². The summed E-state index contributed by atoms with van der Waals surface area (Å²) in [5.41, 5.74) is 0.694. The molecule has 0 radical (unpaired) electrons. The zero-order valence-electron chi connectivity index (χ0n) is 7.76. The molecule has 1 aromatic heterocycles. The predicted octanol–water partition coefficient (Wildman–Crippen LogP) is 3.47. The number of hydrogen-bond donors (Lipinski definition) is 0. The highest BCUT2D eigenvalue weighted by molar-refractivity contribution is 7.71. The lowest BCUT2D eigenvalue weighted by Crippen LogP contribution is -1.88. The van der Waals surface area contributed by atoms with Gasteiger partial charge in [0.25, 0.3) is 0 Å². The molecular weight excluding hydrogens is 198 g/mol. The molecule has 0 aromatic carbocycles. The molecule has 0 aliphatic heterocycles. The van der Waals surface area contributed by atoms with Gasteiger partial charge in [0.1, 0.15) is 6.07 Å². The van der Waals surface area contributed by atoms with E-state index in [0.717, 1.165) is 17.7 Å². The molecule has 3 heteroatoms. The monoisotopic (exact) mass is 209 g/mol. The van der Waals surface area contributed by atoms with Crippen molar-refractivity contribution >= 4 is 23.6 Å². The summed E-state index contributed by atoms with van der Waals surface area (Å²) in [5, 5.41) is 8.88. The van der Waals surface area contributed by atoms with Gasteiger partial charge in [0.05, 0.1) is 10.1 Å². The van der Waals surface area contributed by atoms with Gasteiger partial charge in [-0.2, -0.15) is 5.26 Å². The van der Waals surface area contributed by atoms with Crippen molar-refractivity contribution in [2.75, 3.05) is 0 Å². The number of nitrogens with zero attached hydrogens (tertiary/aromatic N) is 1. The van der Waals surface area contributed by atoms with Crippen LogP contribution in [0.3, 0.4) is 0 Å². The Morgan fingerprint density at radius 1 is 1.46 bits per heavy atom. The smallest absolute Gasteiger partial charge is 0.102 e. The van der Waals surface area contributed by atoms with Crippen LogP contribution in [-0.4, -0.2) is 0 Å². The molecule has 0 amide bonds. The maximum atomic E-state index is 8.88. The Morgan fingerprint density at radius 2 is 2.15 bits per heavy atom. The molecule has 1 nitrogen and oxygen atoms in total. The molecule has 0 saturated carbocycles. The zero-order chi connectivity index (χ0) is 9.84. The van der Waals surface area contributed by atoms with E-state index in [2.05, 4.69) is 19.9 Å². The minimum Gasteiger partial charge on any atom is -0.192 e. The van der Waals surface area contributed by atoms with Crippen molar-refractivity contribution in [3.05, 3.63) is 25.9 Å². The summed E-state index contributed by atoms with van der Waals surface area (Å²) >= 11 is 6.84. The molecule has 1 rings (SSSR count). The highest BCUT2D eigenvalue weighted by Crippen LogP contribution is 2.21. The third kappa shape index (κ3) is 2.15. The van der Waals surface area contributed by atoms with Crippen LogP contribution in [0, 0.1) is 15.8 Å². The van der Waals surface area contributed by atoms with Crippen molar-refractivity contribution in [1.82, 2.24) is 0 Å². The van der Waals surface area contributed by atoms with E-state index in [9.17, 15) is 0 Å². The van der Waals surface area contributed by atoms with Gasteiger partial charge in [-0.3, -0.25) is 0 Å². The first kappa shape index (κ1) is 10.4. The van der Waals surface area contributed by atoms with E-state index in [1.165, 1.54) is 4.88 Å². The fourth-order valence-corrected chi connectivity index (χ4v) is 2.63. The minimum absolute atomic E-state index is 0.694. The molecule has 0 atom stereocenters. The number of nitriles is 1. The van der Waals surface area contributed by atoms with Crippen molar-refractivity contribution in [3.8, 4) is 6.07 Å². The van der Waals surface area contributed by atoms with E-state index in [1.807, 2.05) is 6.07 Å². The number of hydrogen-bond acceptors (Lipinski definition) is 3. The lowest BCUT2D eigenvalue weighted by Gasteiger charge is -2.02. The molecule has 13 heavy (non-hydrogen) atoms. The van der Waals surface area contributed by atoms with Crippen LogP contribution in [0.2, 0.25) is 0 Å². The Hall–Kier alpha value is -0.720. The molecule has 0 saturated heterocycles. The van der Waals surface area contributed by atoms with Gasteiger partial charge in [-0.05, 0) is 18.9 Å². The third-order valence-corrected chi connectivity index (χ3v) is 3.58. The predicted molar refractivity (Wildman–Crippen MR) is 58.6 cm³/mol. The summed E-state index contributed by atoms with van der Waals surface area (Å²) in [6.45, 7) is 4.16. The first-order valence-electron chi connectivity index (χ1n) is 4.28. The van der Waals surface area contributed by atoms with Gasteiger partial charge in [-0.15, -0.1) is 11.3 Å². The fourth-order valence-electron chi connectivity index (χ4n) is 1.14. The Bertz CT molecular complexity index is 398. The van der Waals surface area contributed by atoms with E-state index in [1.54, 1.807) is 11.3 Å². The first-order chi connectivity index (χ1) is 6.22. The second-order valence-electron chi connectivity index (χ2n) is 2.69. The van der Waals surface area contributed by atoms with E-state index in [4.69, 9.17) is 17.5 Å². The summed E-state index contributed by atoms with van der Waals surface area (Å²) < 4.78 is 0.704. The zero-order valence-corrected chi connectivity index (χ0v) is 9.39. The average molecular weight is 209 g/mol. The fraction of sp³-hybridized carbons (Fsp3) is 0.400. The SMILES string of the molecule is CCc1cc(=S)c(C#N)c(CC)s1. The van der Waals surface area contributed by atoms with Crippen LogP contribution in [0.4, 0.5) is 0 Å². The third-order valence-electron chi connectivity index (χ3n) is 1.85. The molecule has 0 aliphatic carbocycles.